The van der Waals surface area contributed by atoms with Gasteiger partial charge in [0.15, 0.2) is 5.69 Å². The number of aromatic nitrogens is 2. The lowest BCUT2D eigenvalue weighted by atomic mass is 9.85. The Morgan fingerprint density at radius 2 is 2.11 bits per heavy atom. The number of carbonyl (C=O) groups excluding carboxylic acids is 1. The predicted octanol–water partition coefficient (Wildman–Crippen LogP) is 3.78. The average Bonchev–Trinajstić information content (AvgIpc) is 2.59. The van der Waals surface area contributed by atoms with Gasteiger partial charge in [0.05, 0.1) is 12.7 Å². The summed E-state index contributed by atoms with van der Waals surface area (Å²) in [6.07, 6.45) is -0.841. The Hall–Kier alpha value is -2.84. The van der Waals surface area contributed by atoms with Crippen LogP contribution in [0, 0.1) is 5.92 Å². The van der Waals surface area contributed by atoms with E-state index in [4.69, 9.17) is 4.74 Å². The maximum Gasteiger partial charge on any atom is 0.434 e. The molecule has 0 bridgehead atoms. The lowest BCUT2D eigenvalue weighted by Crippen LogP contribution is -2.33. The summed E-state index contributed by atoms with van der Waals surface area (Å²) in [6, 6.07) is 6.60. The molecule has 6 nitrogen and oxygen atoms in total. The van der Waals surface area contributed by atoms with E-state index in [1.165, 1.54) is 7.11 Å². The molecule has 9 heteroatoms. The zero-order valence-electron chi connectivity index (χ0n) is 14.6. The average molecular weight is 380 g/mol. The van der Waals surface area contributed by atoms with Crippen LogP contribution < -0.4 is 15.4 Å². The highest BCUT2D eigenvalue weighted by molar-refractivity contribution is 5.95. The lowest BCUT2D eigenvalue weighted by Gasteiger charge is -2.25. The van der Waals surface area contributed by atoms with Crippen LogP contribution in [0.2, 0.25) is 0 Å². The van der Waals surface area contributed by atoms with Gasteiger partial charge in [0, 0.05) is 24.5 Å². The minimum Gasteiger partial charge on any atom is -0.497 e. The second-order valence-corrected chi connectivity index (χ2v) is 6.32. The Balaban J connectivity index is 1.81. The van der Waals surface area contributed by atoms with E-state index in [0.717, 1.165) is 25.5 Å². The zero-order valence-corrected chi connectivity index (χ0v) is 14.6. The van der Waals surface area contributed by atoms with Crippen molar-refractivity contribution in [3.8, 4) is 5.75 Å². The van der Waals surface area contributed by atoms with Crippen molar-refractivity contribution in [2.75, 3.05) is 19.0 Å². The first-order chi connectivity index (χ1) is 12.9. The molecule has 1 fully saturated rings. The number of methoxy groups -OCH3 is 1. The summed E-state index contributed by atoms with van der Waals surface area (Å²) in [5.41, 5.74) is -1.39. The summed E-state index contributed by atoms with van der Waals surface area (Å²) in [6.45, 7) is 0.361. The van der Waals surface area contributed by atoms with E-state index in [9.17, 15) is 18.0 Å². The van der Waals surface area contributed by atoms with E-state index >= 15 is 0 Å². The standard InChI is InChI=1S/C18H19F3N4O2/c1-27-13-7-3-6-12(8-13)24-17-23-10-14(15(25-17)18(19,20)21)16(26)22-9-11-4-2-5-11/h3,6-8,10-11H,2,4-5,9H2,1H3,(H,22,26)(H,23,24,25). The molecule has 3 rings (SSSR count). The number of ether oxygens (including phenoxy) is 1. The van der Waals surface area contributed by atoms with Gasteiger partial charge in [0.25, 0.3) is 5.91 Å². The summed E-state index contributed by atoms with van der Waals surface area (Å²) >= 11 is 0. The number of rotatable bonds is 6. The van der Waals surface area contributed by atoms with Gasteiger partial charge >= 0.3 is 6.18 Å². The van der Waals surface area contributed by atoms with Gasteiger partial charge in [-0.3, -0.25) is 4.79 Å². The maximum absolute atomic E-state index is 13.4. The van der Waals surface area contributed by atoms with E-state index in [1.54, 1.807) is 24.3 Å². The van der Waals surface area contributed by atoms with E-state index in [-0.39, 0.29) is 5.95 Å². The van der Waals surface area contributed by atoms with Crippen LogP contribution in [0.3, 0.4) is 0 Å². The van der Waals surface area contributed by atoms with Crippen LogP contribution in [-0.4, -0.2) is 29.5 Å². The van der Waals surface area contributed by atoms with Crippen molar-refractivity contribution in [3.63, 3.8) is 0 Å². The first-order valence-corrected chi connectivity index (χ1v) is 8.50. The van der Waals surface area contributed by atoms with Crippen molar-refractivity contribution in [1.29, 1.82) is 0 Å². The van der Waals surface area contributed by atoms with Gasteiger partial charge in [-0.05, 0) is 30.9 Å². The van der Waals surface area contributed by atoms with Gasteiger partial charge in [0.1, 0.15) is 5.75 Å². The quantitative estimate of drug-likeness (QED) is 0.798. The first kappa shape index (κ1) is 18.9. The van der Waals surface area contributed by atoms with Gasteiger partial charge in [-0.1, -0.05) is 12.5 Å². The molecule has 144 valence electrons. The van der Waals surface area contributed by atoms with Crippen LogP contribution in [-0.2, 0) is 6.18 Å². The molecule has 0 saturated heterocycles. The fourth-order valence-electron chi connectivity index (χ4n) is 2.68. The third kappa shape index (κ3) is 4.66. The Bertz CT molecular complexity index is 822. The highest BCUT2D eigenvalue weighted by atomic mass is 19.4. The van der Waals surface area contributed by atoms with Crippen LogP contribution in [0.25, 0.3) is 0 Å². The fourth-order valence-corrected chi connectivity index (χ4v) is 2.68. The molecule has 1 aliphatic carbocycles. The number of hydrogen-bond acceptors (Lipinski definition) is 5. The molecule has 1 aromatic heterocycles. The minimum atomic E-state index is -4.78. The van der Waals surface area contributed by atoms with Crippen LogP contribution in [0.15, 0.2) is 30.5 Å². The largest absolute Gasteiger partial charge is 0.497 e. The van der Waals surface area contributed by atoms with Gasteiger partial charge < -0.3 is 15.4 Å². The highest BCUT2D eigenvalue weighted by Gasteiger charge is 2.38. The van der Waals surface area contributed by atoms with Crippen molar-refractivity contribution < 1.29 is 22.7 Å². The summed E-state index contributed by atoms with van der Waals surface area (Å²) in [5, 5.41) is 5.23. The van der Waals surface area contributed by atoms with Crippen LogP contribution >= 0.6 is 0 Å². The van der Waals surface area contributed by atoms with Gasteiger partial charge in [0.2, 0.25) is 5.95 Å². The van der Waals surface area contributed by atoms with Gasteiger partial charge in [-0.2, -0.15) is 13.2 Å². The molecule has 2 N–H and O–H groups in total. The molecule has 0 atom stereocenters. The Morgan fingerprint density at radius 3 is 2.74 bits per heavy atom. The van der Waals surface area contributed by atoms with Crippen LogP contribution in [0.1, 0.15) is 35.3 Å². The molecular formula is C18H19F3N4O2. The Labute approximate surface area is 154 Å². The molecule has 1 saturated carbocycles. The summed E-state index contributed by atoms with van der Waals surface area (Å²) in [5.74, 6) is -0.213. The number of amides is 1. The first-order valence-electron chi connectivity index (χ1n) is 8.50. The number of anilines is 2. The second-order valence-electron chi connectivity index (χ2n) is 6.32. The molecule has 1 aromatic carbocycles. The molecule has 1 aliphatic rings. The maximum atomic E-state index is 13.4. The number of benzene rings is 1. The van der Waals surface area contributed by atoms with E-state index in [2.05, 4.69) is 20.6 Å². The third-order valence-electron chi connectivity index (χ3n) is 4.40. The number of nitrogens with zero attached hydrogens (tertiary/aromatic N) is 2. The Morgan fingerprint density at radius 1 is 1.33 bits per heavy atom. The smallest absolute Gasteiger partial charge is 0.434 e. The summed E-state index contributed by atoms with van der Waals surface area (Å²) < 4.78 is 45.3. The topological polar surface area (TPSA) is 76.1 Å². The zero-order chi connectivity index (χ0) is 19.4. The molecule has 1 heterocycles. The number of alkyl halides is 3. The van der Waals surface area contributed by atoms with Crippen LogP contribution in [0.5, 0.6) is 5.75 Å². The van der Waals surface area contributed by atoms with Crippen molar-refractivity contribution in [1.82, 2.24) is 15.3 Å². The minimum absolute atomic E-state index is 0.258. The van der Waals surface area contributed by atoms with E-state index < -0.39 is 23.3 Å². The molecule has 27 heavy (non-hydrogen) atoms. The number of hydrogen-bond donors (Lipinski definition) is 2. The molecule has 2 aromatic rings. The monoisotopic (exact) mass is 380 g/mol. The van der Waals surface area contributed by atoms with Crippen molar-refractivity contribution in [2.45, 2.75) is 25.4 Å². The molecule has 0 aliphatic heterocycles. The summed E-state index contributed by atoms with van der Waals surface area (Å²) in [7, 11) is 1.48. The van der Waals surface area contributed by atoms with E-state index in [0.29, 0.717) is 23.9 Å². The molecular weight excluding hydrogens is 361 g/mol. The van der Waals surface area contributed by atoms with E-state index in [1.807, 2.05) is 0 Å². The lowest BCUT2D eigenvalue weighted by molar-refractivity contribution is -0.141. The SMILES string of the molecule is COc1cccc(Nc2ncc(C(=O)NCC3CCC3)c(C(F)(F)F)n2)c1. The fraction of sp³-hybridized carbons (Fsp3) is 0.389. The molecule has 0 spiro atoms. The molecule has 0 radical (unpaired) electrons. The third-order valence-corrected chi connectivity index (χ3v) is 4.40. The Kier molecular flexibility index (Phi) is 5.48. The predicted molar refractivity (Wildman–Crippen MR) is 93.0 cm³/mol. The summed E-state index contributed by atoms with van der Waals surface area (Å²) in [4.78, 5) is 19.6. The normalized spacial score (nSPS) is 14.4. The van der Waals surface area contributed by atoms with Crippen molar-refractivity contribution in [2.24, 2.45) is 5.92 Å². The number of nitrogens with one attached hydrogen (secondary N) is 2. The highest BCUT2D eigenvalue weighted by Crippen LogP contribution is 2.32. The van der Waals surface area contributed by atoms with Crippen LogP contribution in [0.4, 0.5) is 24.8 Å². The second kappa shape index (κ2) is 7.81. The number of halogens is 3. The molecule has 1 amide bonds. The number of carbonyl (C=O) groups is 1. The van der Waals surface area contributed by atoms with Crippen molar-refractivity contribution in [3.05, 3.63) is 41.7 Å². The van der Waals surface area contributed by atoms with Gasteiger partial charge in [-0.15, -0.1) is 0 Å². The van der Waals surface area contributed by atoms with Crippen molar-refractivity contribution >= 4 is 17.5 Å². The molecule has 0 unspecified atom stereocenters. The van der Waals surface area contributed by atoms with Gasteiger partial charge in [-0.25, -0.2) is 9.97 Å².